The topological polar surface area (TPSA) is 52.9 Å². The van der Waals surface area contributed by atoms with Crippen LogP contribution in [0.3, 0.4) is 0 Å². The number of aliphatic hydroxyl groups is 2. The molecule has 1 aliphatic heterocycles. The minimum absolute atomic E-state index is 0.148. The predicted octanol–water partition coefficient (Wildman–Crippen LogP) is 1.92. The van der Waals surface area contributed by atoms with Crippen molar-refractivity contribution in [1.82, 2.24) is 4.90 Å². The monoisotopic (exact) mass is 325 g/mol. The second-order valence-corrected chi connectivity index (χ2v) is 7.33. The molecule has 0 aromatic heterocycles. The van der Waals surface area contributed by atoms with E-state index in [0.29, 0.717) is 6.54 Å². The molecule has 124 valence electrons. The molecular weight excluding hydrogens is 298 g/mol. The molecule has 2 rings (SSSR count). The Morgan fingerprint density at radius 2 is 2.00 bits per heavy atom. The summed E-state index contributed by atoms with van der Waals surface area (Å²) in [5, 5.41) is 20.1. The molecule has 0 radical (unpaired) electrons. The quantitative estimate of drug-likeness (QED) is 0.802. The highest BCUT2D eigenvalue weighted by atomic mass is 32.2. The van der Waals surface area contributed by atoms with Crippen LogP contribution in [0.25, 0.3) is 0 Å². The van der Waals surface area contributed by atoms with Crippen LogP contribution in [0.15, 0.2) is 24.3 Å². The van der Waals surface area contributed by atoms with Crippen LogP contribution in [0.2, 0.25) is 0 Å². The molecular formula is C17H27NO3S. The number of likely N-dealkylation sites (N-methyl/N-ethyl adjacent to an activating group) is 1. The first kappa shape index (κ1) is 17.6. The Bertz CT molecular complexity index is 463. The van der Waals surface area contributed by atoms with E-state index < -0.39 is 6.10 Å². The Morgan fingerprint density at radius 1 is 1.32 bits per heavy atom. The molecule has 1 heterocycles. The number of benzene rings is 1. The number of thioether (sulfide) groups is 1. The Kier molecular flexibility index (Phi) is 6.56. The molecule has 1 atom stereocenters. The third-order valence-corrected chi connectivity index (χ3v) is 5.52. The summed E-state index contributed by atoms with van der Waals surface area (Å²) in [4.78, 5) is 2.11. The SMILES string of the molecule is Cc1ccccc1OCC(O)CN(C)C1(CO)CCSCC1. The molecule has 1 unspecified atom stereocenters. The summed E-state index contributed by atoms with van der Waals surface area (Å²) in [5.41, 5.74) is 0.883. The van der Waals surface area contributed by atoms with E-state index in [-0.39, 0.29) is 18.8 Å². The molecule has 1 aliphatic rings. The second kappa shape index (κ2) is 8.20. The van der Waals surface area contributed by atoms with Gasteiger partial charge in [0.2, 0.25) is 0 Å². The van der Waals surface area contributed by atoms with E-state index in [1.807, 2.05) is 50.0 Å². The van der Waals surface area contributed by atoms with E-state index in [0.717, 1.165) is 35.7 Å². The maximum Gasteiger partial charge on any atom is 0.122 e. The van der Waals surface area contributed by atoms with E-state index >= 15 is 0 Å². The number of nitrogens with zero attached hydrogens (tertiary/aromatic N) is 1. The Morgan fingerprint density at radius 3 is 2.64 bits per heavy atom. The van der Waals surface area contributed by atoms with Crippen molar-refractivity contribution in [3.8, 4) is 5.75 Å². The maximum atomic E-state index is 10.3. The minimum atomic E-state index is -0.567. The molecule has 0 aliphatic carbocycles. The fraction of sp³-hybridized carbons (Fsp3) is 0.647. The van der Waals surface area contributed by atoms with Gasteiger partial charge in [-0.05, 0) is 49.9 Å². The van der Waals surface area contributed by atoms with Crippen molar-refractivity contribution in [3.05, 3.63) is 29.8 Å². The van der Waals surface area contributed by atoms with Gasteiger partial charge in [-0.2, -0.15) is 11.8 Å². The number of aliphatic hydroxyl groups excluding tert-OH is 2. The minimum Gasteiger partial charge on any atom is -0.491 e. The number of rotatable bonds is 7. The largest absolute Gasteiger partial charge is 0.491 e. The first-order chi connectivity index (χ1) is 10.6. The van der Waals surface area contributed by atoms with Gasteiger partial charge in [0.05, 0.1) is 6.61 Å². The first-order valence-electron chi connectivity index (χ1n) is 7.84. The van der Waals surface area contributed by atoms with Crippen molar-refractivity contribution in [2.24, 2.45) is 0 Å². The number of hydrogen-bond donors (Lipinski definition) is 2. The molecule has 22 heavy (non-hydrogen) atoms. The van der Waals surface area contributed by atoms with Crippen LogP contribution in [0.1, 0.15) is 18.4 Å². The third-order valence-electron chi connectivity index (χ3n) is 4.54. The number of ether oxygens (including phenoxy) is 1. The molecule has 1 saturated heterocycles. The van der Waals surface area contributed by atoms with Gasteiger partial charge in [-0.15, -0.1) is 0 Å². The van der Waals surface area contributed by atoms with Crippen LogP contribution in [-0.4, -0.2) is 65.1 Å². The molecule has 1 aromatic carbocycles. The van der Waals surface area contributed by atoms with Crippen LogP contribution >= 0.6 is 11.8 Å². The van der Waals surface area contributed by atoms with Crippen molar-refractivity contribution in [3.63, 3.8) is 0 Å². The van der Waals surface area contributed by atoms with Crippen LogP contribution in [0.4, 0.5) is 0 Å². The molecule has 5 heteroatoms. The fourth-order valence-electron chi connectivity index (χ4n) is 2.88. The number of para-hydroxylation sites is 1. The van der Waals surface area contributed by atoms with E-state index in [1.54, 1.807) is 0 Å². The van der Waals surface area contributed by atoms with Crippen molar-refractivity contribution in [2.45, 2.75) is 31.4 Å². The molecule has 0 bridgehead atoms. The zero-order chi connectivity index (χ0) is 16.0. The summed E-state index contributed by atoms with van der Waals surface area (Å²) >= 11 is 1.93. The third kappa shape index (κ3) is 4.38. The number of β-amino-alcohol motifs (C(OH)–C–C–N with tert-alkyl or cyclic N) is 1. The van der Waals surface area contributed by atoms with Crippen LogP contribution in [-0.2, 0) is 0 Å². The van der Waals surface area contributed by atoms with Crippen LogP contribution in [0.5, 0.6) is 5.75 Å². The zero-order valence-electron chi connectivity index (χ0n) is 13.5. The summed E-state index contributed by atoms with van der Waals surface area (Å²) in [6.07, 6.45) is 1.37. The van der Waals surface area contributed by atoms with Gasteiger partial charge in [0.15, 0.2) is 0 Å². The molecule has 4 nitrogen and oxygen atoms in total. The summed E-state index contributed by atoms with van der Waals surface area (Å²) in [5.74, 6) is 2.96. The highest BCUT2D eigenvalue weighted by Crippen LogP contribution is 2.31. The Balaban J connectivity index is 1.85. The molecule has 0 spiro atoms. The van der Waals surface area contributed by atoms with Gasteiger partial charge in [-0.3, -0.25) is 4.90 Å². The molecule has 0 amide bonds. The highest BCUT2D eigenvalue weighted by molar-refractivity contribution is 7.99. The smallest absolute Gasteiger partial charge is 0.122 e. The number of aryl methyl sites for hydroxylation is 1. The lowest BCUT2D eigenvalue weighted by Crippen LogP contribution is -2.54. The van der Waals surface area contributed by atoms with Gasteiger partial charge < -0.3 is 14.9 Å². The molecule has 1 fully saturated rings. The Hall–Kier alpha value is -0.750. The van der Waals surface area contributed by atoms with Crippen molar-refractivity contribution >= 4 is 11.8 Å². The Labute approximate surface area is 137 Å². The highest BCUT2D eigenvalue weighted by Gasteiger charge is 2.36. The summed E-state index contributed by atoms with van der Waals surface area (Å²) < 4.78 is 5.71. The van der Waals surface area contributed by atoms with E-state index in [2.05, 4.69) is 4.90 Å². The zero-order valence-corrected chi connectivity index (χ0v) is 14.3. The van der Waals surface area contributed by atoms with Crippen molar-refractivity contribution < 1.29 is 14.9 Å². The van der Waals surface area contributed by atoms with Crippen LogP contribution in [0, 0.1) is 6.92 Å². The van der Waals surface area contributed by atoms with E-state index in [1.165, 1.54) is 0 Å². The summed E-state index contributed by atoms with van der Waals surface area (Å²) in [7, 11) is 1.99. The standard InChI is InChI=1S/C17H27NO3S/c1-14-5-3-4-6-16(14)21-12-15(20)11-18(2)17(13-19)7-9-22-10-8-17/h3-6,15,19-20H,7-13H2,1-2H3. The molecule has 2 N–H and O–H groups in total. The first-order valence-corrected chi connectivity index (χ1v) is 8.99. The normalized spacial score (nSPS) is 19.1. The number of hydrogen-bond acceptors (Lipinski definition) is 5. The van der Waals surface area contributed by atoms with Crippen molar-refractivity contribution in [1.29, 1.82) is 0 Å². The maximum absolute atomic E-state index is 10.3. The van der Waals surface area contributed by atoms with Gasteiger partial charge in [0.25, 0.3) is 0 Å². The molecule has 0 saturated carbocycles. The predicted molar refractivity (Wildman–Crippen MR) is 91.7 cm³/mol. The second-order valence-electron chi connectivity index (χ2n) is 6.11. The molecule has 1 aromatic rings. The van der Waals surface area contributed by atoms with E-state index in [9.17, 15) is 10.2 Å². The van der Waals surface area contributed by atoms with Gasteiger partial charge >= 0.3 is 0 Å². The fourth-order valence-corrected chi connectivity index (χ4v) is 4.13. The van der Waals surface area contributed by atoms with E-state index in [4.69, 9.17) is 4.74 Å². The van der Waals surface area contributed by atoms with Crippen molar-refractivity contribution in [2.75, 3.05) is 38.3 Å². The van der Waals surface area contributed by atoms with Crippen LogP contribution < -0.4 is 4.74 Å². The summed E-state index contributed by atoms with van der Waals surface area (Å²) in [6, 6.07) is 7.81. The van der Waals surface area contributed by atoms with Gasteiger partial charge in [-0.1, -0.05) is 18.2 Å². The lowest BCUT2D eigenvalue weighted by atomic mass is 9.91. The van der Waals surface area contributed by atoms with Gasteiger partial charge in [-0.25, -0.2) is 0 Å². The lowest BCUT2D eigenvalue weighted by Gasteiger charge is -2.43. The average Bonchev–Trinajstić information content (AvgIpc) is 2.54. The summed E-state index contributed by atoms with van der Waals surface area (Å²) in [6.45, 7) is 2.92. The van der Waals surface area contributed by atoms with Gasteiger partial charge in [0.1, 0.15) is 18.5 Å². The average molecular weight is 325 g/mol. The lowest BCUT2D eigenvalue weighted by molar-refractivity contribution is -0.00237. The van der Waals surface area contributed by atoms with Gasteiger partial charge in [0, 0.05) is 12.1 Å².